The maximum absolute atomic E-state index is 13.4. The molecule has 0 aliphatic carbocycles. The van der Waals surface area contributed by atoms with Crippen molar-refractivity contribution < 1.29 is 23.0 Å². The third-order valence-corrected chi connectivity index (χ3v) is 3.27. The van der Waals surface area contributed by atoms with E-state index in [1.165, 1.54) is 6.07 Å². The standard InChI is InChI=1S/C15H20F2N2O3/c1-10(9-22-14-5-4-11(16)7-13(14)17)19-15(20)18-8-12-3-2-6-21-12/h4-5,7,10,12H,2-3,6,8-9H2,1H3,(H2,18,19,20)/t10-,12+/m0/s1. The quantitative estimate of drug-likeness (QED) is 0.846. The Kier molecular flexibility index (Phi) is 5.94. The van der Waals surface area contributed by atoms with Gasteiger partial charge in [0.05, 0.1) is 12.1 Å². The van der Waals surface area contributed by atoms with E-state index >= 15 is 0 Å². The second-order valence-electron chi connectivity index (χ2n) is 5.28. The second kappa shape index (κ2) is 7.93. The van der Waals surface area contributed by atoms with Gasteiger partial charge in [-0.05, 0) is 31.9 Å². The van der Waals surface area contributed by atoms with Gasteiger partial charge in [-0.1, -0.05) is 0 Å². The molecule has 5 nitrogen and oxygen atoms in total. The van der Waals surface area contributed by atoms with Gasteiger partial charge in [0.15, 0.2) is 11.6 Å². The zero-order chi connectivity index (χ0) is 15.9. The van der Waals surface area contributed by atoms with Crippen molar-refractivity contribution in [3.05, 3.63) is 29.8 Å². The maximum atomic E-state index is 13.4. The van der Waals surface area contributed by atoms with Gasteiger partial charge in [0.25, 0.3) is 0 Å². The van der Waals surface area contributed by atoms with Crippen LogP contribution in [0.1, 0.15) is 19.8 Å². The molecule has 2 amide bonds. The lowest BCUT2D eigenvalue weighted by Gasteiger charge is -2.17. The fraction of sp³-hybridized carbons (Fsp3) is 0.533. The first kappa shape index (κ1) is 16.5. The first-order chi connectivity index (χ1) is 10.5. The summed E-state index contributed by atoms with van der Waals surface area (Å²) >= 11 is 0. The van der Waals surface area contributed by atoms with E-state index in [0.717, 1.165) is 31.6 Å². The molecule has 122 valence electrons. The van der Waals surface area contributed by atoms with E-state index in [1.807, 2.05) is 0 Å². The molecule has 0 aromatic heterocycles. The van der Waals surface area contributed by atoms with Crippen LogP contribution in [0.2, 0.25) is 0 Å². The van der Waals surface area contributed by atoms with Crippen LogP contribution < -0.4 is 15.4 Å². The Morgan fingerprint density at radius 1 is 1.50 bits per heavy atom. The third-order valence-electron chi connectivity index (χ3n) is 3.27. The number of rotatable bonds is 6. The van der Waals surface area contributed by atoms with E-state index in [2.05, 4.69) is 10.6 Å². The van der Waals surface area contributed by atoms with Crippen LogP contribution in [0.25, 0.3) is 0 Å². The van der Waals surface area contributed by atoms with Crippen molar-refractivity contribution in [3.8, 4) is 5.75 Å². The summed E-state index contributed by atoms with van der Waals surface area (Å²) in [6, 6.07) is 2.43. The Labute approximate surface area is 128 Å². The van der Waals surface area contributed by atoms with Crippen molar-refractivity contribution in [2.75, 3.05) is 19.8 Å². The fourth-order valence-corrected chi connectivity index (χ4v) is 2.14. The molecule has 22 heavy (non-hydrogen) atoms. The molecule has 2 N–H and O–H groups in total. The van der Waals surface area contributed by atoms with Gasteiger partial charge in [0.2, 0.25) is 0 Å². The van der Waals surface area contributed by atoms with Crippen molar-refractivity contribution in [1.82, 2.24) is 10.6 Å². The van der Waals surface area contributed by atoms with E-state index < -0.39 is 11.6 Å². The SMILES string of the molecule is C[C@@H](COc1ccc(F)cc1F)NC(=O)NC[C@H]1CCCO1. The molecule has 2 atom stereocenters. The highest BCUT2D eigenvalue weighted by molar-refractivity contribution is 5.74. The van der Waals surface area contributed by atoms with Crippen LogP contribution in [0.4, 0.5) is 13.6 Å². The number of benzene rings is 1. The topological polar surface area (TPSA) is 59.6 Å². The van der Waals surface area contributed by atoms with Crippen molar-refractivity contribution in [3.63, 3.8) is 0 Å². The van der Waals surface area contributed by atoms with Crippen molar-refractivity contribution in [2.24, 2.45) is 0 Å². The van der Waals surface area contributed by atoms with E-state index in [9.17, 15) is 13.6 Å². The lowest BCUT2D eigenvalue weighted by Crippen LogP contribution is -2.45. The molecule has 1 saturated heterocycles. The minimum Gasteiger partial charge on any atom is -0.488 e. The summed E-state index contributed by atoms with van der Waals surface area (Å²) in [5, 5.41) is 5.40. The van der Waals surface area contributed by atoms with Gasteiger partial charge in [0.1, 0.15) is 12.4 Å². The molecule has 2 rings (SSSR count). The van der Waals surface area contributed by atoms with Crippen LogP contribution in [0, 0.1) is 11.6 Å². The molecular weight excluding hydrogens is 294 g/mol. The van der Waals surface area contributed by atoms with Gasteiger partial charge in [0, 0.05) is 19.2 Å². The number of hydrogen-bond acceptors (Lipinski definition) is 3. The minimum absolute atomic E-state index is 0.0465. The van der Waals surface area contributed by atoms with Crippen molar-refractivity contribution in [2.45, 2.75) is 31.9 Å². The molecule has 1 aliphatic rings. The summed E-state index contributed by atoms with van der Waals surface area (Å²) in [7, 11) is 0. The number of hydrogen-bond donors (Lipinski definition) is 2. The normalized spacial score (nSPS) is 18.8. The van der Waals surface area contributed by atoms with Crippen molar-refractivity contribution in [1.29, 1.82) is 0 Å². The zero-order valence-electron chi connectivity index (χ0n) is 12.4. The fourth-order valence-electron chi connectivity index (χ4n) is 2.14. The molecule has 1 heterocycles. The number of urea groups is 1. The Hall–Kier alpha value is -1.89. The molecule has 7 heteroatoms. The summed E-state index contributed by atoms with van der Waals surface area (Å²) in [5.41, 5.74) is 0. The van der Waals surface area contributed by atoms with E-state index in [0.29, 0.717) is 6.54 Å². The molecule has 1 fully saturated rings. The summed E-state index contributed by atoms with van der Waals surface area (Å²) < 4.78 is 36.8. The van der Waals surface area contributed by atoms with E-state index in [4.69, 9.17) is 9.47 Å². The smallest absolute Gasteiger partial charge is 0.315 e. The summed E-state index contributed by atoms with van der Waals surface area (Å²) in [6.07, 6.45) is 2.04. The Morgan fingerprint density at radius 2 is 2.32 bits per heavy atom. The lowest BCUT2D eigenvalue weighted by atomic mass is 10.2. The maximum Gasteiger partial charge on any atom is 0.315 e. The predicted molar refractivity (Wildman–Crippen MR) is 76.8 cm³/mol. The predicted octanol–water partition coefficient (Wildman–Crippen LogP) is 2.21. The summed E-state index contributed by atoms with van der Waals surface area (Å²) in [6.45, 7) is 3.01. The molecular formula is C15H20F2N2O3. The Balaban J connectivity index is 1.68. The highest BCUT2D eigenvalue weighted by atomic mass is 19.1. The third kappa shape index (κ3) is 5.14. The van der Waals surface area contributed by atoms with Crippen molar-refractivity contribution >= 4 is 6.03 Å². The van der Waals surface area contributed by atoms with Crippen LogP contribution in [0.15, 0.2) is 18.2 Å². The van der Waals surface area contributed by atoms with Gasteiger partial charge >= 0.3 is 6.03 Å². The van der Waals surface area contributed by atoms with Crippen LogP contribution >= 0.6 is 0 Å². The summed E-state index contributed by atoms with van der Waals surface area (Å²) in [5.74, 6) is -1.48. The molecule has 1 aromatic carbocycles. The number of halogens is 2. The number of nitrogens with one attached hydrogen (secondary N) is 2. The minimum atomic E-state index is -0.768. The molecule has 0 spiro atoms. The van der Waals surface area contributed by atoms with Gasteiger partial charge in [-0.25, -0.2) is 13.6 Å². The van der Waals surface area contributed by atoms with Crippen LogP contribution in [-0.4, -0.2) is 37.9 Å². The second-order valence-corrected chi connectivity index (χ2v) is 5.28. The van der Waals surface area contributed by atoms with Gasteiger partial charge in [-0.3, -0.25) is 0 Å². The highest BCUT2D eigenvalue weighted by Crippen LogP contribution is 2.17. The molecule has 0 bridgehead atoms. The van der Waals surface area contributed by atoms with Gasteiger partial charge in [-0.2, -0.15) is 0 Å². The molecule has 0 unspecified atom stereocenters. The monoisotopic (exact) mass is 314 g/mol. The zero-order valence-corrected chi connectivity index (χ0v) is 12.4. The van der Waals surface area contributed by atoms with E-state index in [-0.39, 0.29) is 30.5 Å². The van der Waals surface area contributed by atoms with Gasteiger partial charge in [-0.15, -0.1) is 0 Å². The average Bonchev–Trinajstić information content (AvgIpc) is 2.97. The van der Waals surface area contributed by atoms with Crippen LogP contribution in [-0.2, 0) is 4.74 Å². The highest BCUT2D eigenvalue weighted by Gasteiger charge is 2.17. The number of carbonyl (C=O) groups excluding carboxylic acids is 1. The first-order valence-corrected chi connectivity index (χ1v) is 7.28. The Bertz CT molecular complexity index is 508. The molecule has 1 aromatic rings. The van der Waals surface area contributed by atoms with Crippen LogP contribution in [0.5, 0.6) is 5.75 Å². The molecule has 0 radical (unpaired) electrons. The number of amides is 2. The van der Waals surface area contributed by atoms with E-state index in [1.54, 1.807) is 6.92 Å². The lowest BCUT2D eigenvalue weighted by molar-refractivity contribution is 0.111. The number of ether oxygens (including phenoxy) is 2. The molecule has 0 saturated carbocycles. The largest absolute Gasteiger partial charge is 0.488 e. The summed E-state index contributed by atoms with van der Waals surface area (Å²) in [4.78, 5) is 11.7. The van der Waals surface area contributed by atoms with Crippen LogP contribution in [0.3, 0.4) is 0 Å². The average molecular weight is 314 g/mol. The van der Waals surface area contributed by atoms with Gasteiger partial charge < -0.3 is 20.1 Å². The molecule has 1 aliphatic heterocycles. The first-order valence-electron chi connectivity index (χ1n) is 7.28. The number of carbonyl (C=O) groups is 1. The Morgan fingerprint density at radius 3 is 3.00 bits per heavy atom.